The van der Waals surface area contributed by atoms with Gasteiger partial charge in [0.15, 0.2) is 11.5 Å². The highest BCUT2D eigenvalue weighted by Gasteiger charge is 2.34. The Morgan fingerprint density at radius 1 is 1.21 bits per heavy atom. The van der Waals surface area contributed by atoms with Crippen LogP contribution in [0, 0.1) is 0 Å². The summed E-state index contributed by atoms with van der Waals surface area (Å²) < 4.78 is 16.4. The normalized spacial score (nSPS) is 16.6. The molecule has 8 heteroatoms. The molecule has 0 aliphatic carbocycles. The van der Waals surface area contributed by atoms with Gasteiger partial charge in [-0.1, -0.05) is 29.8 Å². The Hall–Kier alpha value is -3.19. The quantitative estimate of drug-likeness (QED) is 0.613. The van der Waals surface area contributed by atoms with Crippen molar-refractivity contribution in [2.24, 2.45) is 0 Å². The minimum atomic E-state index is -0.505. The van der Waals surface area contributed by atoms with Crippen LogP contribution < -0.4 is 19.5 Å². The summed E-state index contributed by atoms with van der Waals surface area (Å²) in [5.41, 5.74) is 1.44. The molecule has 28 heavy (non-hydrogen) atoms. The lowest BCUT2D eigenvalue weighted by molar-refractivity contribution is -0.123. The first-order valence-electron chi connectivity index (χ1n) is 8.71. The average molecular weight is 401 g/mol. The van der Waals surface area contributed by atoms with Crippen molar-refractivity contribution in [3.05, 3.63) is 58.2 Å². The molecule has 1 N–H and O–H groups in total. The minimum Gasteiger partial charge on any atom is -0.493 e. The van der Waals surface area contributed by atoms with E-state index in [1.54, 1.807) is 42.5 Å². The molecule has 0 unspecified atom stereocenters. The van der Waals surface area contributed by atoms with Crippen LogP contribution in [0.5, 0.6) is 17.2 Å². The van der Waals surface area contributed by atoms with E-state index < -0.39 is 11.9 Å². The van der Waals surface area contributed by atoms with Gasteiger partial charge in [-0.15, -0.1) is 0 Å². The molecule has 2 aliphatic heterocycles. The van der Waals surface area contributed by atoms with Gasteiger partial charge >= 0.3 is 6.03 Å². The number of halogens is 1. The van der Waals surface area contributed by atoms with Gasteiger partial charge in [0.25, 0.3) is 5.91 Å². The molecular formula is C20H17ClN2O5. The Balaban J connectivity index is 1.63. The van der Waals surface area contributed by atoms with E-state index in [0.29, 0.717) is 40.0 Å². The Bertz CT molecular complexity index is 989. The molecule has 2 aromatic rings. The van der Waals surface area contributed by atoms with Crippen LogP contribution in [-0.4, -0.2) is 30.2 Å². The number of ether oxygens (including phenoxy) is 3. The minimum absolute atomic E-state index is 0.0845. The molecule has 0 atom stereocenters. The number of fused-ring (bicyclic) bond motifs is 1. The number of rotatable bonds is 5. The van der Waals surface area contributed by atoms with Crippen molar-refractivity contribution in [1.29, 1.82) is 0 Å². The predicted octanol–water partition coefficient (Wildman–Crippen LogP) is 3.56. The van der Waals surface area contributed by atoms with Gasteiger partial charge < -0.3 is 19.5 Å². The summed E-state index contributed by atoms with van der Waals surface area (Å²) in [6.45, 7) is 2.51. The lowest BCUT2D eigenvalue weighted by Gasteiger charge is -2.13. The highest BCUT2D eigenvalue weighted by molar-refractivity contribution is 6.31. The zero-order chi connectivity index (χ0) is 19.7. The Kier molecular flexibility index (Phi) is 4.83. The molecule has 144 valence electrons. The van der Waals surface area contributed by atoms with Crippen molar-refractivity contribution in [2.75, 3.05) is 13.4 Å². The fourth-order valence-corrected chi connectivity index (χ4v) is 3.20. The lowest BCUT2D eigenvalue weighted by atomic mass is 10.1. The van der Waals surface area contributed by atoms with Gasteiger partial charge in [0.1, 0.15) is 11.4 Å². The maximum Gasteiger partial charge on any atom is 0.329 e. The van der Waals surface area contributed by atoms with E-state index in [0.717, 1.165) is 4.90 Å². The average Bonchev–Trinajstić information content (AvgIpc) is 3.23. The molecule has 0 saturated carbocycles. The molecule has 0 spiro atoms. The second-order valence-corrected chi connectivity index (χ2v) is 6.55. The summed E-state index contributed by atoms with van der Waals surface area (Å²) in [4.78, 5) is 26.2. The molecule has 1 saturated heterocycles. The number of hydrogen-bond donors (Lipinski definition) is 1. The topological polar surface area (TPSA) is 77.1 Å². The summed E-state index contributed by atoms with van der Waals surface area (Å²) in [5.74, 6) is 1.23. The summed E-state index contributed by atoms with van der Waals surface area (Å²) in [6, 6.07) is 10.0. The van der Waals surface area contributed by atoms with Gasteiger partial charge in [-0.05, 0) is 30.7 Å². The Labute approximate surface area is 166 Å². The number of carbonyl (C=O) groups is 2. The number of carbonyl (C=O) groups excluding carboxylic acids is 2. The standard InChI is InChI=1S/C20H17ClN2O5/c1-2-26-16-9-18-17(27-11-28-18)8-13(16)7-15-19(24)23(20(25)22-15)10-12-5-3-4-6-14(12)21/h3-9H,2,10-11H2,1H3,(H,22,25)/b15-7+. The summed E-state index contributed by atoms with van der Waals surface area (Å²) in [5, 5.41) is 3.10. The second kappa shape index (κ2) is 7.44. The van der Waals surface area contributed by atoms with Gasteiger partial charge in [-0.3, -0.25) is 9.69 Å². The predicted molar refractivity (Wildman–Crippen MR) is 102 cm³/mol. The second-order valence-electron chi connectivity index (χ2n) is 6.15. The van der Waals surface area contributed by atoms with Crippen LogP contribution in [-0.2, 0) is 11.3 Å². The van der Waals surface area contributed by atoms with Gasteiger partial charge in [0.05, 0.1) is 13.2 Å². The first-order chi connectivity index (χ1) is 13.6. The van der Waals surface area contributed by atoms with Crippen molar-refractivity contribution in [1.82, 2.24) is 10.2 Å². The molecule has 2 heterocycles. The van der Waals surface area contributed by atoms with Crippen LogP contribution in [0.1, 0.15) is 18.1 Å². The van der Waals surface area contributed by atoms with E-state index in [1.165, 1.54) is 0 Å². The number of benzene rings is 2. The summed E-state index contributed by atoms with van der Waals surface area (Å²) in [7, 11) is 0. The maximum atomic E-state index is 12.8. The van der Waals surface area contributed by atoms with E-state index in [2.05, 4.69) is 5.32 Å². The van der Waals surface area contributed by atoms with Crippen molar-refractivity contribution in [3.8, 4) is 17.2 Å². The fourth-order valence-electron chi connectivity index (χ4n) is 3.00. The molecule has 0 bridgehead atoms. The van der Waals surface area contributed by atoms with Gasteiger partial charge in [-0.2, -0.15) is 0 Å². The van der Waals surface area contributed by atoms with E-state index in [-0.39, 0.29) is 19.0 Å². The third-order valence-corrected chi connectivity index (χ3v) is 4.72. The first-order valence-corrected chi connectivity index (χ1v) is 9.09. The third-order valence-electron chi connectivity index (χ3n) is 4.35. The van der Waals surface area contributed by atoms with Crippen LogP contribution in [0.2, 0.25) is 5.02 Å². The van der Waals surface area contributed by atoms with Crippen LogP contribution in [0.3, 0.4) is 0 Å². The Morgan fingerprint density at radius 2 is 1.96 bits per heavy atom. The van der Waals surface area contributed by atoms with Crippen molar-refractivity contribution < 1.29 is 23.8 Å². The number of nitrogens with one attached hydrogen (secondary N) is 1. The zero-order valence-electron chi connectivity index (χ0n) is 15.0. The van der Waals surface area contributed by atoms with E-state index >= 15 is 0 Å². The molecule has 7 nitrogen and oxygen atoms in total. The highest BCUT2D eigenvalue weighted by atomic mass is 35.5. The largest absolute Gasteiger partial charge is 0.493 e. The number of amides is 3. The lowest BCUT2D eigenvalue weighted by Crippen LogP contribution is -2.30. The molecule has 4 rings (SSSR count). The monoisotopic (exact) mass is 400 g/mol. The summed E-state index contributed by atoms with van der Waals surface area (Å²) in [6.07, 6.45) is 1.57. The molecule has 1 fully saturated rings. The van der Waals surface area contributed by atoms with Gasteiger partial charge in [-0.25, -0.2) is 4.79 Å². The maximum absolute atomic E-state index is 12.8. The van der Waals surface area contributed by atoms with E-state index in [1.807, 2.05) is 6.92 Å². The molecule has 0 aromatic heterocycles. The SMILES string of the molecule is CCOc1cc2c(cc1/C=C1/NC(=O)N(Cc3ccccc3Cl)C1=O)OCO2. The van der Waals surface area contributed by atoms with E-state index in [4.69, 9.17) is 25.8 Å². The number of urea groups is 1. The fraction of sp³-hybridized carbons (Fsp3) is 0.200. The van der Waals surface area contributed by atoms with Crippen molar-refractivity contribution in [2.45, 2.75) is 13.5 Å². The highest BCUT2D eigenvalue weighted by Crippen LogP contribution is 2.39. The first kappa shape index (κ1) is 18.2. The van der Waals surface area contributed by atoms with Crippen molar-refractivity contribution >= 4 is 29.6 Å². The van der Waals surface area contributed by atoms with Crippen LogP contribution in [0.4, 0.5) is 4.79 Å². The molecule has 2 aromatic carbocycles. The summed E-state index contributed by atoms with van der Waals surface area (Å²) >= 11 is 6.15. The number of imide groups is 1. The Morgan fingerprint density at radius 3 is 2.71 bits per heavy atom. The number of nitrogens with zero attached hydrogens (tertiary/aromatic N) is 1. The third kappa shape index (κ3) is 3.36. The van der Waals surface area contributed by atoms with Crippen LogP contribution in [0.15, 0.2) is 42.1 Å². The molecule has 3 amide bonds. The van der Waals surface area contributed by atoms with Crippen LogP contribution >= 0.6 is 11.6 Å². The molecular weight excluding hydrogens is 384 g/mol. The van der Waals surface area contributed by atoms with Crippen LogP contribution in [0.25, 0.3) is 6.08 Å². The van der Waals surface area contributed by atoms with E-state index in [9.17, 15) is 9.59 Å². The molecule has 0 radical (unpaired) electrons. The van der Waals surface area contributed by atoms with Gasteiger partial charge in [0, 0.05) is 16.7 Å². The number of hydrogen-bond acceptors (Lipinski definition) is 5. The van der Waals surface area contributed by atoms with Crippen molar-refractivity contribution in [3.63, 3.8) is 0 Å². The zero-order valence-corrected chi connectivity index (χ0v) is 15.8. The smallest absolute Gasteiger partial charge is 0.329 e. The molecule has 2 aliphatic rings. The van der Waals surface area contributed by atoms with Gasteiger partial charge in [0.2, 0.25) is 6.79 Å².